The van der Waals surface area contributed by atoms with Gasteiger partial charge in [-0.15, -0.1) is 17.9 Å². The number of hydrogen-bond donors (Lipinski definition) is 2. The van der Waals surface area contributed by atoms with Gasteiger partial charge in [0.15, 0.2) is 5.11 Å². The molecule has 98 valence electrons. The number of hydrogen-bond acceptors (Lipinski definition) is 3. The van der Waals surface area contributed by atoms with E-state index < -0.39 is 0 Å². The van der Waals surface area contributed by atoms with Gasteiger partial charge in [0, 0.05) is 15.5 Å². The minimum atomic E-state index is -0.230. The lowest BCUT2D eigenvalue weighted by Gasteiger charge is -2.21. The van der Waals surface area contributed by atoms with Crippen LogP contribution in [0.3, 0.4) is 0 Å². The summed E-state index contributed by atoms with van der Waals surface area (Å²) in [5, 5.41) is 4.24. The van der Waals surface area contributed by atoms with Crippen molar-refractivity contribution in [3.63, 3.8) is 0 Å². The molecule has 1 aromatic carbocycles. The maximum atomic E-state index is 12.2. The van der Waals surface area contributed by atoms with Crippen molar-refractivity contribution >= 4 is 44.7 Å². The van der Waals surface area contributed by atoms with Crippen LogP contribution in [0, 0.1) is 0 Å². The Labute approximate surface area is 120 Å². The molecule has 2 rings (SSSR count). The topological polar surface area (TPSA) is 58.4 Å². The van der Waals surface area contributed by atoms with E-state index in [9.17, 15) is 4.79 Å². The second-order valence-corrected chi connectivity index (χ2v) is 5.15. The zero-order valence-corrected chi connectivity index (χ0v) is 11.8. The maximum absolute atomic E-state index is 12.2. The SMILES string of the molecule is C=CCN(NC(=O)c1csc2ccccc12)C(N)=S. The van der Waals surface area contributed by atoms with Gasteiger partial charge in [0.1, 0.15) is 0 Å². The molecule has 0 atom stereocenters. The second-order valence-electron chi connectivity index (χ2n) is 3.82. The third-order valence-electron chi connectivity index (χ3n) is 2.54. The summed E-state index contributed by atoms with van der Waals surface area (Å²) in [5.41, 5.74) is 8.83. The molecule has 0 unspecified atom stereocenters. The Kier molecular flexibility index (Phi) is 4.13. The highest BCUT2D eigenvalue weighted by molar-refractivity contribution is 7.80. The van der Waals surface area contributed by atoms with Crippen molar-refractivity contribution in [2.75, 3.05) is 6.54 Å². The van der Waals surface area contributed by atoms with Gasteiger partial charge >= 0.3 is 0 Å². The van der Waals surface area contributed by atoms with Crippen molar-refractivity contribution in [2.45, 2.75) is 0 Å². The number of rotatable bonds is 3. The highest BCUT2D eigenvalue weighted by Crippen LogP contribution is 2.25. The Bertz CT molecular complexity index is 636. The van der Waals surface area contributed by atoms with Crippen molar-refractivity contribution in [2.24, 2.45) is 5.73 Å². The molecule has 0 spiro atoms. The van der Waals surface area contributed by atoms with E-state index in [1.54, 1.807) is 6.08 Å². The number of thiophene rings is 1. The van der Waals surface area contributed by atoms with E-state index in [4.69, 9.17) is 18.0 Å². The minimum absolute atomic E-state index is 0.104. The summed E-state index contributed by atoms with van der Waals surface area (Å²) in [5.74, 6) is -0.230. The third-order valence-corrected chi connectivity index (χ3v) is 3.72. The molecule has 0 aliphatic rings. The highest BCUT2D eigenvalue weighted by Gasteiger charge is 2.15. The van der Waals surface area contributed by atoms with Crippen molar-refractivity contribution in [3.8, 4) is 0 Å². The smallest absolute Gasteiger partial charge is 0.271 e. The average Bonchev–Trinajstić information content (AvgIpc) is 2.81. The third kappa shape index (κ3) is 2.91. The van der Waals surface area contributed by atoms with Gasteiger partial charge in [-0.2, -0.15) is 0 Å². The molecule has 1 heterocycles. The quantitative estimate of drug-likeness (QED) is 0.517. The molecule has 0 radical (unpaired) electrons. The van der Waals surface area contributed by atoms with Crippen LogP contribution in [0.5, 0.6) is 0 Å². The molecule has 3 N–H and O–H groups in total. The number of thiocarbonyl (C=S) groups is 1. The lowest BCUT2D eigenvalue weighted by Crippen LogP contribution is -2.48. The molecular formula is C13H13N3OS2. The monoisotopic (exact) mass is 291 g/mol. The molecule has 1 amide bonds. The predicted octanol–water partition coefficient (Wildman–Crippen LogP) is 2.28. The molecule has 4 nitrogen and oxygen atoms in total. The summed E-state index contributed by atoms with van der Waals surface area (Å²) in [6.45, 7) is 3.96. The molecule has 0 aliphatic carbocycles. The summed E-state index contributed by atoms with van der Waals surface area (Å²) in [7, 11) is 0. The zero-order valence-electron chi connectivity index (χ0n) is 10.1. The molecule has 0 bridgehead atoms. The van der Waals surface area contributed by atoms with Crippen LogP contribution < -0.4 is 11.2 Å². The molecule has 0 fully saturated rings. The van der Waals surface area contributed by atoms with E-state index >= 15 is 0 Å². The van der Waals surface area contributed by atoms with Gasteiger partial charge in [0.05, 0.1) is 12.1 Å². The average molecular weight is 291 g/mol. The van der Waals surface area contributed by atoms with Gasteiger partial charge in [-0.3, -0.25) is 15.2 Å². The summed E-state index contributed by atoms with van der Waals surface area (Å²) in [4.78, 5) is 12.2. The molecule has 1 aromatic heterocycles. The number of hydrazine groups is 1. The van der Waals surface area contributed by atoms with Gasteiger partial charge in [-0.05, 0) is 18.3 Å². The molecule has 6 heteroatoms. The van der Waals surface area contributed by atoms with Gasteiger partial charge in [0.2, 0.25) is 0 Å². The molecule has 0 aliphatic heterocycles. The number of carbonyl (C=O) groups excluding carboxylic acids is 1. The van der Waals surface area contributed by atoms with E-state index in [1.807, 2.05) is 29.6 Å². The predicted molar refractivity (Wildman–Crippen MR) is 83.0 cm³/mol. The van der Waals surface area contributed by atoms with Crippen LogP contribution in [0.25, 0.3) is 10.1 Å². The first-order chi connectivity index (χ1) is 9.13. The summed E-state index contributed by atoms with van der Waals surface area (Å²) < 4.78 is 1.07. The number of fused-ring (bicyclic) bond motifs is 1. The van der Waals surface area contributed by atoms with Crippen molar-refractivity contribution in [1.82, 2.24) is 10.4 Å². The van der Waals surface area contributed by atoms with Gasteiger partial charge in [-0.1, -0.05) is 24.3 Å². The van der Waals surface area contributed by atoms with Crippen LogP contribution in [-0.4, -0.2) is 22.6 Å². The Morgan fingerprint density at radius 1 is 1.53 bits per heavy atom. The normalized spacial score (nSPS) is 10.1. The second kappa shape index (κ2) is 5.81. The number of carbonyl (C=O) groups is 1. The number of nitrogens with zero attached hydrogens (tertiary/aromatic N) is 1. The fourth-order valence-corrected chi connectivity index (χ4v) is 2.72. The summed E-state index contributed by atoms with van der Waals surface area (Å²) in [6, 6.07) is 7.74. The van der Waals surface area contributed by atoms with E-state index in [-0.39, 0.29) is 11.0 Å². The van der Waals surface area contributed by atoms with Gasteiger partial charge in [0.25, 0.3) is 5.91 Å². The molecule has 0 saturated heterocycles. The standard InChI is InChI=1S/C13H13N3OS2/c1-2-7-16(13(14)18)15-12(17)10-8-19-11-6-4-3-5-9(10)11/h2-6,8H,1,7H2,(H2,14,18)(H,15,17). The van der Waals surface area contributed by atoms with E-state index in [2.05, 4.69) is 12.0 Å². The van der Waals surface area contributed by atoms with Crippen LogP contribution in [0.2, 0.25) is 0 Å². The number of benzene rings is 1. The largest absolute Gasteiger partial charge is 0.375 e. The highest BCUT2D eigenvalue weighted by atomic mass is 32.1. The first kappa shape index (κ1) is 13.5. The Hall–Kier alpha value is -1.92. The lowest BCUT2D eigenvalue weighted by molar-refractivity contribution is 0.0881. The van der Waals surface area contributed by atoms with Crippen LogP contribution in [0.4, 0.5) is 0 Å². The van der Waals surface area contributed by atoms with E-state index in [1.165, 1.54) is 16.3 Å². The summed E-state index contributed by atoms with van der Waals surface area (Å²) >= 11 is 6.40. The lowest BCUT2D eigenvalue weighted by atomic mass is 10.2. The van der Waals surface area contributed by atoms with Crippen LogP contribution in [0.1, 0.15) is 10.4 Å². The van der Waals surface area contributed by atoms with Crippen LogP contribution in [-0.2, 0) is 0 Å². The molecule has 0 saturated carbocycles. The van der Waals surface area contributed by atoms with E-state index in [0.717, 1.165) is 10.1 Å². The van der Waals surface area contributed by atoms with E-state index in [0.29, 0.717) is 12.1 Å². The number of nitrogens with one attached hydrogen (secondary N) is 1. The van der Waals surface area contributed by atoms with Gasteiger partial charge in [-0.25, -0.2) is 0 Å². The number of amides is 1. The minimum Gasteiger partial charge on any atom is -0.375 e. The first-order valence-electron chi connectivity index (χ1n) is 5.58. The van der Waals surface area contributed by atoms with Gasteiger partial charge < -0.3 is 5.73 Å². The maximum Gasteiger partial charge on any atom is 0.271 e. The fraction of sp³-hybridized carbons (Fsp3) is 0.0769. The Morgan fingerprint density at radius 2 is 2.26 bits per heavy atom. The summed E-state index contributed by atoms with van der Waals surface area (Å²) in [6.07, 6.45) is 1.62. The first-order valence-corrected chi connectivity index (χ1v) is 6.87. The molecule has 2 aromatic rings. The van der Waals surface area contributed by atoms with Crippen LogP contribution in [0.15, 0.2) is 42.3 Å². The Balaban J connectivity index is 2.24. The van der Waals surface area contributed by atoms with Crippen LogP contribution >= 0.6 is 23.6 Å². The Morgan fingerprint density at radius 3 is 2.95 bits per heavy atom. The molecule has 19 heavy (non-hydrogen) atoms. The van der Waals surface area contributed by atoms with Crippen molar-refractivity contribution in [1.29, 1.82) is 0 Å². The van der Waals surface area contributed by atoms with Crippen molar-refractivity contribution in [3.05, 3.63) is 47.9 Å². The molecular weight excluding hydrogens is 278 g/mol. The van der Waals surface area contributed by atoms with Crippen molar-refractivity contribution < 1.29 is 4.79 Å². The number of nitrogens with two attached hydrogens (primary N) is 1. The zero-order chi connectivity index (χ0) is 13.8. The fourth-order valence-electron chi connectivity index (χ4n) is 1.66.